The van der Waals surface area contributed by atoms with Gasteiger partial charge in [-0.15, -0.1) is 0 Å². The van der Waals surface area contributed by atoms with Crippen molar-refractivity contribution >= 4 is 50.0 Å². The van der Waals surface area contributed by atoms with Gasteiger partial charge in [-0.05, 0) is 48.4 Å². The number of rotatable bonds is 4. The maximum atomic E-state index is 12.5. The molecule has 0 atom stereocenters. The highest BCUT2D eigenvalue weighted by Gasteiger charge is 2.47. The van der Waals surface area contributed by atoms with Crippen LogP contribution in [0, 0.1) is 6.92 Å². The fraction of sp³-hybridized carbons (Fsp3) is 0.167. The predicted octanol–water partition coefficient (Wildman–Crippen LogP) is 4.95. The molecule has 3 aromatic rings. The first-order valence-electron chi connectivity index (χ1n) is 8.07. The molecule has 29 heavy (non-hydrogen) atoms. The Morgan fingerprint density at radius 2 is 1.83 bits per heavy atom. The number of carbonyl (C=O) groups excluding carboxylic acids is 1. The summed E-state index contributed by atoms with van der Waals surface area (Å²) in [6, 6.07) is 9.06. The Morgan fingerprint density at radius 1 is 1.14 bits per heavy atom. The highest BCUT2D eigenvalue weighted by Crippen LogP contribution is 2.30. The Morgan fingerprint density at radius 3 is 2.45 bits per heavy atom. The summed E-state index contributed by atoms with van der Waals surface area (Å²) in [5.74, 6) is -1.38. The number of aromatic nitrogens is 1. The Bertz CT molecular complexity index is 1220. The van der Waals surface area contributed by atoms with Crippen molar-refractivity contribution in [3.63, 3.8) is 0 Å². The summed E-state index contributed by atoms with van der Waals surface area (Å²) in [5, 5.41) is 1.47. The van der Waals surface area contributed by atoms with E-state index >= 15 is 0 Å². The Hall–Kier alpha value is -2.23. The minimum Gasteiger partial charge on any atom is -0.358 e. The van der Waals surface area contributed by atoms with Crippen molar-refractivity contribution in [1.29, 1.82) is 0 Å². The zero-order valence-electron chi connectivity index (χ0n) is 14.7. The molecule has 0 saturated carbocycles. The Kier molecular flexibility index (Phi) is 5.59. The van der Waals surface area contributed by atoms with Crippen LogP contribution in [0.2, 0.25) is 10.0 Å². The van der Waals surface area contributed by atoms with Crippen LogP contribution in [0.3, 0.4) is 0 Å². The maximum Gasteiger partial charge on any atom is 0.516 e. The first-order chi connectivity index (χ1) is 13.4. The Labute approximate surface area is 173 Å². The number of benzene rings is 2. The highest BCUT2D eigenvalue weighted by molar-refractivity contribution is 7.90. The summed E-state index contributed by atoms with van der Waals surface area (Å²) in [6.45, 7) is 1.80. The van der Waals surface area contributed by atoms with E-state index in [1.807, 2.05) is 0 Å². The number of alkyl halides is 3. The van der Waals surface area contributed by atoms with Crippen molar-refractivity contribution in [3.8, 4) is 0 Å². The van der Waals surface area contributed by atoms with Crippen LogP contribution >= 0.6 is 23.2 Å². The van der Waals surface area contributed by atoms with Gasteiger partial charge >= 0.3 is 15.5 Å². The molecule has 0 spiro atoms. The van der Waals surface area contributed by atoms with Crippen LogP contribution in [0.4, 0.5) is 13.2 Å². The third-order valence-electron chi connectivity index (χ3n) is 4.30. The van der Waals surface area contributed by atoms with E-state index < -0.39 is 21.4 Å². The maximum absolute atomic E-state index is 12.5. The zero-order chi connectivity index (χ0) is 21.6. The summed E-state index contributed by atoms with van der Waals surface area (Å²) < 4.78 is 60.9. The molecule has 0 unspecified atom stereocenters. The molecule has 1 heterocycles. The number of fused-ring (bicyclic) bond motifs is 1. The molecule has 2 N–H and O–H groups in total. The van der Waals surface area contributed by atoms with Crippen LogP contribution in [0.25, 0.3) is 10.9 Å². The lowest BCUT2D eigenvalue weighted by Gasteiger charge is -2.10. The third-order valence-corrected chi connectivity index (χ3v) is 5.95. The fourth-order valence-corrected chi connectivity index (χ4v) is 3.80. The number of aryl methyl sites for hydroxylation is 1. The SMILES string of the molecule is Cc1[nH]c2ccc(C(=O)NS(=O)(=O)C(F)(F)F)cc2c1Cc1ccc(Cl)cc1Cl. The van der Waals surface area contributed by atoms with Gasteiger partial charge in [0.05, 0.1) is 0 Å². The van der Waals surface area contributed by atoms with Gasteiger partial charge in [0, 0.05) is 38.6 Å². The number of nitrogens with one attached hydrogen (secondary N) is 2. The van der Waals surface area contributed by atoms with Crippen LogP contribution in [-0.4, -0.2) is 24.8 Å². The lowest BCUT2D eigenvalue weighted by atomic mass is 10.0. The van der Waals surface area contributed by atoms with Crippen molar-refractivity contribution in [2.24, 2.45) is 0 Å². The minimum atomic E-state index is -5.80. The summed E-state index contributed by atoms with van der Waals surface area (Å²) in [7, 11) is -5.80. The first kappa shape index (κ1) is 21.5. The largest absolute Gasteiger partial charge is 0.516 e. The molecular formula is C18H13Cl2F3N2O3S. The second kappa shape index (κ2) is 7.55. The van der Waals surface area contributed by atoms with E-state index in [0.717, 1.165) is 21.5 Å². The van der Waals surface area contributed by atoms with Gasteiger partial charge in [-0.25, -0.2) is 4.72 Å². The van der Waals surface area contributed by atoms with Gasteiger partial charge in [-0.2, -0.15) is 21.6 Å². The molecule has 0 radical (unpaired) electrons. The van der Waals surface area contributed by atoms with Crippen molar-refractivity contribution in [2.45, 2.75) is 18.9 Å². The van der Waals surface area contributed by atoms with E-state index in [1.165, 1.54) is 18.2 Å². The molecular weight excluding hydrogens is 452 g/mol. The van der Waals surface area contributed by atoms with E-state index in [4.69, 9.17) is 23.2 Å². The van der Waals surface area contributed by atoms with E-state index in [0.29, 0.717) is 27.4 Å². The molecule has 3 rings (SSSR count). The smallest absolute Gasteiger partial charge is 0.358 e. The molecule has 0 aliphatic rings. The van der Waals surface area contributed by atoms with Crippen molar-refractivity contribution < 1.29 is 26.4 Å². The average molecular weight is 465 g/mol. The third kappa shape index (κ3) is 4.36. The van der Waals surface area contributed by atoms with Crippen molar-refractivity contribution in [1.82, 2.24) is 9.71 Å². The average Bonchev–Trinajstić information content (AvgIpc) is 2.90. The molecule has 0 saturated heterocycles. The van der Waals surface area contributed by atoms with E-state index in [1.54, 1.807) is 25.1 Å². The second-order valence-electron chi connectivity index (χ2n) is 6.28. The number of amides is 1. The topological polar surface area (TPSA) is 79.0 Å². The van der Waals surface area contributed by atoms with Gasteiger partial charge in [0.1, 0.15) is 0 Å². The number of halogens is 5. The number of aromatic amines is 1. The number of carbonyl (C=O) groups is 1. The molecule has 11 heteroatoms. The van der Waals surface area contributed by atoms with Crippen LogP contribution in [0.15, 0.2) is 36.4 Å². The van der Waals surface area contributed by atoms with Crippen molar-refractivity contribution in [3.05, 3.63) is 68.8 Å². The summed E-state index contributed by atoms with van der Waals surface area (Å²) >= 11 is 12.1. The molecule has 2 aromatic carbocycles. The molecule has 5 nitrogen and oxygen atoms in total. The van der Waals surface area contributed by atoms with Gasteiger partial charge in [0.2, 0.25) is 0 Å². The quantitative estimate of drug-likeness (QED) is 0.572. The first-order valence-corrected chi connectivity index (χ1v) is 10.3. The lowest BCUT2D eigenvalue weighted by molar-refractivity contribution is -0.0446. The fourth-order valence-electron chi connectivity index (χ4n) is 2.85. The minimum absolute atomic E-state index is 0.229. The molecule has 154 valence electrons. The monoisotopic (exact) mass is 464 g/mol. The molecule has 1 amide bonds. The van der Waals surface area contributed by atoms with Gasteiger partial charge in [-0.3, -0.25) is 4.79 Å². The predicted molar refractivity (Wildman–Crippen MR) is 105 cm³/mol. The zero-order valence-corrected chi connectivity index (χ0v) is 17.0. The van der Waals surface area contributed by atoms with Gasteiger partial charge in [-0.1, -0.05) is 29.3 Å². The number of sulfonamides is 1. The molecule has 1 aromatic heterocycles. The van der Waals surface area contributed by atoms with Gasteiger partial charge in [0.25, 0.3) is 5.91 Å². The van der Waals surface area contributed by atoms with E-state index in [-0.39, 0.29) is 5.56 Å². The number of hydrogen-bond donors (Lipinski definition) is 2. The Balaban J connectivity index is 1.99. The second-order valence-corrected chi connectivity index (χ2v) is 8.80. The number of hydrogen-bond acceptors (Lipinski definition) is 3. The van der Waals surface area contributed by atoms with Crippen LogP contribution < -0.4 is 4.72 Å². The van der Waals surface area contributed by atoms with E-state index in [2.05, 4.69) is 4.98 Å². The molecule has 0 aliphatic carbocycles. The van der Waals surface area contributed by atoms with Gasteiger partial charge < -0.3 is 4.98 Å². The van der Waals surface area contributed by atoms with Crippen LogP contribution in [-0.2, 0) is 16.4 Å². The standard InChI is InChI=1S/C18H13Cl2F3N2O3S/c1-9-13(6-10-2-4-12(19)8-15(10)20)14-7-11(3-5-16(14)24-9)17(26)25-29(27,28)18(21,22)23/h2-5,7-8,24H,6H2,1H3,(H,25,26). The molecule has 0 bridgehead atoms. The van der Waals surface area contributed by atoms with Crippen LogP contribution in [0.5, 0.6) is 0 Å². The summed E-state index contributed by atoms with van der Waals surface area (Å²) in [4.78, 5) is 15.2. The van der Waals surface area contributed by atoms with Gasteiger partial charge in [0.15, 0.2) is 0 Å². The molecule has 0 aliphatic heterocycles. The summed E-state index contributed by atoms with van der Waals surface area (Å²) in [5.41, 5.74) is -2.89. The number of H-pyrrole nitrogens is 1. The van der Waals surface area contributed by atoms with Crippen molar-refractivity contribution in [2.75, 3.05) is 0 Å². The molecule has 0 fully saturated rings. The lowest BCUT2D eigenvalue weighted by Crippen LogP contribution is -2.40. The van der Waals surface area contributed by atoms with Crippen LogP contribution in [0.1, 0.15) is 27.2 Å². The van der Waals surface area contributed by atoms with E-state index in [9.17, 15) is 26.4 Å². The highest BCUT2D eigenvalue weighted by atomic mass is 35.5. The normalized spacial score (nSPS) is 12.3. The summed E-state index contributed by atoms with van der Waals surface area (Å²) in [6.07, 6.45) is 0.369.